The lowest BCUT2D eigenvalue weighted by Crippen LogP contribution is -2.40. The van der Waals surface area contributed by atoms with Gasteiger partial charge in [0, 0.05) is 13.1 Å². The van der Waals surface area contributed by atoms with Gasteiger partial charge in [-0.05, 0) is 12.8 Å². The van der Waals surface area contributed by atoms with E-state index in [2.05, 4.69) is 4.74 Å². The van der Waals surface area contributed by atoms with E-state index in [1.807, 2.05) is 0 Å². The number of sulfonamides is 1. The summed E-state index contributed by atoms with van der Waals surface area (Å²) in [6.45, 7) is 2.98. The summed E-state index contributed by atoms with van der Waals surface area (Å²) in [6.07, 6.45) is 0. The summed E-state index contributed by atoms with van der Waals surface area (Å²) in [5.74, 6) is -2.59. The molecule has 0 aromatic heterocycles. The number of aliphatic carboxylic acids is 1. The van der Waals surface area contributed by atoms with Crippen molar-refractivity contribution in [3.05, 3.63) is 0 Å². The van der Waals surface area contributed by atoms with E-state index in [9.17, 15) is 18.0 Å². The quantitative estimate of drug-likeness (QED) is 0.698. The highest BCUT2D eigenvalue weighted by atomic mass is 32.2. The molecule has 1 fully saturated rings. The maximum atomic E-state index is 12.0. The van der Waals surface area contributed by atoms with Crippen molar-refractivity contribution in [3.63, 3.8) is 0 Å². The molecule has 0 bridgehead atoms. The van der Waals surface area contributed by atoms with E-state index in [0.29, 0.717) is 0 Å². The van der Waals surface area contributed by atoms with E-state index >= 15 is 0 Å². The van der Waals surface area contributed by atoms with E-state index in [1.165, 1.54) is 7.11 Å². The first kappa shape index (κ1) is 14.9. The van der Waals surface area contributed by atoms with Gasteiger partial charge in [0.05, 0.1) is 13.0 Å². The van der Waals surface area contributed by atoms with Crippen LogP contribution in [0.2, 0.25) is 0 Å². The molecule has 1 N–H and O–H groups in total. The van der Waals surface area contributed by atoms with Gasteiger partial charge in [-0.3, -0.25) is 9.59 Å². The Balaban J connectivity index is 2.89. The van der Waals surface area contributed by atoms with Gasteiger partial charge in [-0.15, -0.1) is 0 Å². The van der Waals surface area contributed by atoms with Gasteiger partial charge in [0.15, 0.2) is 5.25 Å². The maximum absolute atomic E-state index is 12.0. The summed E-state index contributed by atoms with van der Waals surface area (Å²) in [6, 6.07) is 0. The minimum Gasteiger partial charge on any atom is -0.480 e. The average molecular weight is 279 g/mol. The lowest BCUT2D eigenvalue weighted by molar-refractivity contribution is -0.146. The molecule has 3 atom stereocenters. The highest BCUT2D eigenvalue weighted by Crippen LogP contribution is 2.27. The standard InChI is InChI=1S/C10H17NO6S/c1-6-4-11(5-8(6)10(14)17-3)18(15,16)7(2)9(12)13/h6-8H,4-5H2,1-3H3,(H,12,13). The van der Waals surface area contributed by atoms with Crippen LogP contribution < -0.4 is 0 Å². The lowest BCUT2D eigenvalue weighted by Gasteiger charge is -2.18. The van der Waals surface area contributed by atoms with Crippen molar-refractivity contribution < 1.29 is 27.9 Å². The Morgan fingerprint density at radius 2 is 1.94 bits per heavy atom. The molecule has 1 aliphatic heterocycles. The molecule has 0 aromatic carbocycles. The van der Waals surface area contributed by atoms with Crippen molar-refractivity contribution >= 4 is 22.0 Å². The topological polar surface area (TPSA) is 101 Å². The number of rotatable bonds is 4. The molecule has 8 heteroatoms. The van der Waals surface area contributed by atoms with Crippen molar-refractivity contribution in [1.82, 2.24) is 4.31 Å². The highest BCUT2D eigenvalue weighted by molar-refractivity contribution is 7.90. The van der Waals surface area contributed by atoms with Crippen LogP contribution in [0.5, 0.6) is 0 Å². The predicted octanol–water partition coefficient (Wildman–Crippen LogP) is -0.470. The minimum absolute atomic E-state index is 0.0200. The Bertz CT molecular complexity index is 445. The van der Waals surface area contributed by atoms with Gasteiger partial charge < -0.3 is 9.84 Å². The molecular weight excluding hydrogens is 262 g/mol. The maximum Gasteiger partial charge on any atom is 0.323 e. The number of carbonyl (C=O) groups is 2. The van der Waals surface area contributed by atoms with Gasteiger partial charge in [0.25, 0.3) is 0 Å². The summed E-state index contributed by atoms with van der Waals surface area (Å²) < 4.78 is 29.6. The fourth-order valence-electron chi connectivity index (χ4n) is 1.94. The largest absolute Gasteiger partial charge is 0.480 e. The van der Waals surface area contributed by atoms with Crippen LogP contribution in [0.4, 0.5) is 0 Å². The SMILES string of the molecule is COC(=O)C1CN(S(=O)(=O)C(C)C(=O)O)CC1C. The van der Waals surface area contributed by atoms with Gasteiger partial charge in [0.1, 0.15) is 0 Å². The Morgan fingerprint density at radius 1 is 1.39 bits per heavy atom. The van der Waals surface area contributed by atoms with Crippen molar-refractivity contribution in [1.29, 1.82) is 0 Å². The van der Waals surface area contributed by atoms with E-state index in [0.717, 1.165) is 11.2 Å². The zero-order chi connectivity index (χ0) is 14.1. The number of methoxy groups -OCH3 is 1. The normalized spacial score (nSPS) is 26.8. The van der Waals surface area contributed by atoms with E-state index in [-0.39, 0.29) is 19.0 Å². The van der Waals surface area contributed by atoms with E-state index in [1.54, 1.807) is 6.92 Å². The summed E-state index contributed by atoms with van der Waals surface area (Å²) in [5.41, 5.74) is 0. The molecule has 7 nitrogen and oxygen atoms in total. The molecule has 0 saturated carbocycles. The van der Waals surface area contributed by atoms with Crippen LogP contribution in [0.1, 0.15) is 13.8 Å². The number of carboxylic acids is 1. The fourth-order valence-corrected chi connectivity index (χ4v) is 3.45. The van der Waals surface area contributed by atoms with E-state index in [4.69, 9.17) is 5.11 Å². The summed E-state index contributed by atoms with van der Waals surface area (Å²) in [5, 5.41) is 7.25. The molecule has 1 aliphatic rings. The Morgan fingerprint density at radius 3 is 2.39 bits per heavy atom. The number of esters is 1. The predicted molar refractivity (Wildman–Crippen MR) is 62.3 cm³/mol. The minimum atomic E-state index is -3.92. The Hall–Kier alpha value is -1.15. The molecule has 0 aromatic rings. The first-order valence-electron chi connectivity index (χ1n) is 5.51. The van der Waals surface area contributed by atoms with Crippen molar-refractivity contribution in [3.8, 4) is 0 Å². The molecule has 18 heavy (non-hydrogen) atoms. The van der Waals surface area contributed by atoms with Crippen LogP contribution in [-0.4, -0.2) is 55.2 Å². The van der Waals surface area contributed by atoms with Gasteiger partial charge in [-0.1, -0.05) is 6.92 Å². The summed E-state index contributed by atoms with van der Waals surface area (Å²) in [7, 11) is -2.68. The van der Waals surface area contributed by atoms with Crippen LogP contribution in [0.15, 0.2) is 0 Å². The first-order valence-corrected chi connectivity index (χ1v) is 7.01. The molecule has 1 rings (SSSR count). The number of hydrogen-bond donors (Lipinski definition) is 1. The lowest BCUT2D eigenvalue weighted by atomic mass is 9.99. The molecule has 0 spiro atoms. The second kappa shape index (κ2) is 5.23. The third kappa shape index (κ3) is 2.64. The molecule has 0 aliphatic carbocycles. The fraction of sp³-hybridized carbons (Fsp3) is 0.800. The third-order valence-corrected chi connectivity index (χ3v) is 5.35. The highest BCUT2D eigenvalue weighted by Gasteiger charge is 2.44. The molecular formula is C10H17NO6S. The molecule has 0 radical (unpaired) electrons. The van der Waals surface area contributed by atoms with Gasteiger partial charge in [-0.2, -0.15) is 0 Å². The van der Waals surface area contributed by atoms with Gasteiger partial charge in [-0.25, -0.2) is 12.7 Å². The first-order chi connectivity index (χ1) is 8.21. The van der Waals surface area contributed by atoms with Crippen LogP contribution in [0, 0.1) is 11.8 Å². The Kier molecular flexibility index (Phi) is 4.33. The number of nitrogens with zero attached hydrogens (tertiary/aromatic N) is 1. The van der Waals surface area contributed by atoms with Crippen molar-refractivity contribution in [2.24, 2.45) is 11.8 Å². The van der Waals surface area contributed by atoms with Gasteiger partial charge in [0.2, 0.25) is 10.0 Å². The van der Waals surface area contributed by atoms with Crippen LogP contribution >= 0.6 is 0 Å². The molecule has 0 amide bonds. The summed E-state index contributed by atoms with van der Waals surface area (Å²) in [4.78, 5) is 22.2. The van der Waals surface area contributed by atoms with Crippen molar-refractivity contribution in [2.75, 3.05) is 20.2 Å². The smallest absolute Gasteiger partial charge is 0.323 e. The zero-order valence-corrected chi connectivity index (χ0v) is 11.3. The van der Waals surface area contributed by atoms with Crippen LogP contribution in [-0.2, 0) is 24.3 Å². The second-order valence-corrected chi connectivity index (χ2v) is 6.70. The monoisotopic (exact) mass is 279 g/mol. The number of ether oxygens (including phenoxy) is 1. The second-order valence-electron chi connectivity index (χ2n) is 4.45. The van der Waals surface area contributed by atoms with Crippen molar-refractivity contribution in [2.45, 2.75) is 19.1 Å². The number of carbonyl (C=O) groups excluding carboxylic acids is 1. The molecule has 1 saturated heterocycles. The third-order valence-electron chi connectivity index (χ3n) is 3.24. The number of carboxylic acid groups (broad SMARTS) is 1. The molecule has 1 heterocycles. The number of hydrogen-bond acceptors (Lipinski definition) is 5. The zero-order valence-electron chi connectivity index (χ0n) is 10.5. The molecule has 104 valence electrons. The average Bonchev–Trinajstić information content (AvgIpc) is 2.69. The molecule has 3 unspecified atom stereocenters. The van der Waals surface area contributed by atoms with Crippen LogP contribution in [0.25, 0.3) is 0 Å². The Labute approximate surface area is 106 Å². The van der Waals surface area contributed by atoms with Crippen LogP contribution in [0.3, 0.4) is 0 Å². The van der Waals surface area contributed by atoms with Gasteiger partial charge >= 0.3 is 11.9 Å². The van der Waals surface area contributed by atoms with E-state index < -0.39 is 33.1 Å². The summed E-state index contributed by atoms with van der Waals surface area (Å²) >= 11 is 0.